The average molecular weight is 210 g/mol. The van der Waals surface area contributed by atoms with E-state index in [1.807, 2.05) is 0 Å². The third-order valence-electron chi connectivity index (χ3n) is 0. The number of halogens is 1. The molecule has 3 heteroatoms. The zero-order valence-corrected chi connectivity index (χ0v) is 7.19. The normalized spacial score (nSPS) is 8.57. The predicted octanol–water partition coefficient (Wildman–Crippen LogP) is 0.292. The van der Waals surface area contributed by atoms with Crippen molar-refractivity contribution in [1.82, 2.24) is 0 Å². The van der Waals surface area contributed by atoms with Crippen LogP contribution in [0.1, 0.15) is 0 Å². The van der Waals surface area contributed by atoms with Gasteiger partial charge in [0.1, 0.15) is 0 Å². The second kappa shape index (κ2) is 5.42. The summed E-state index contributed by atoms with van der Waals surface area (Å²) in [5.41, 5.74) is 0. The molecule has 0 aliphatic carbocycles. The van der Waals surface area contributed by atoms with Crippen molar-refractivity contribution in [2.45, 2.75) is 0 Å². The van der Waals surface area contributed by atoms with Gasteiger partial charge in [-0.25, -0.2) is 0 Å². The molecule has 7 heavy (non-hydrogen) atoms. The van der Waals surface area contributed by atoms with Crippen LogP contribution in [0.3, 0.4) is 0 Å². The van der Waals surface area contributed by atoms with Gasteiger partial charge in [-0.05, 0) is 0 Å². The van der Waals surface area contributed by atoms with Crippen LogP contribution in [-0.4, -0.2) is 51.5 Å². The molecule has 0 aromatic heterocycles. The van der Waals surface area contributed by atoms with Crippen molar-refractivity contribution in [1.29, 1.82) is 0 Å². The first kappa shape index (κ1) is 15.7. The Bertz CT molecular complexity index is 27.2. The summed E-state index contributed by atoms with van der Waals surface area (Å²) < 4.78 is 1.00. The molecule has 0 saturated heterocycles. The number of quaternary nitrogens is 1. The predicted molar refractivity (Wildman–Crippen MR) is 46.5 cm³/mol. The molecule has 42 valence electrons. The number of nitrogens with zero attached hydrogens (tertiary/aromatic N) is 1. The van der Waals surface area contributed by atoms with E-state index in [-0.39, 0.29) is 42.8 Å². The fraction of sp³-hybridized carbons (Fsp3) is 1.00. The Morgan fingerprint density at radius 2 is 0.857 bits per heavy atom. The summed E-state index contributed by atoms with van der Waals surface area (Å²) in [5.74, 6) is 0. The zero-order chi connectivity index (χ0) is 4.50. The van der Waals surface area contributed by atoms with Crippen LogP contribution in [0.15, 0.2) is 0 Å². The van der Waals surface area contributed by atoms with Gasteiger partial charge in [-0.1, -0.05) is 0 Å². The van der Waals surface area contributed by atoms with Crippen LogP contribution in [-0.2, 0) is 0 Å². The Hall–Kier alpha value is 1.29. The van der Waals surface area contributed by atoms with Gasteiger partial charge in [-0.15, -0.1) is 24.0 Å². The van der Waals surface area contributed by atoms with Crippen LogP contribution in [0.4, 0.5) is 0 Å². The second-order valence-corrected chi connectivity index (χ2v) is 2.68. The monoisotopic (exact) mass is 210 g/mol. The topological polar surface area (TPSA) is 0 Å². The molecule has 0 unspecified atom stereocenters. The van der Waals surface area contributed by atoms with E-state index in [2.05, 4.69) is 28.2 Å². The van der Waals surface area contributed by atoms with Gasteiger partial charge in [0.05, 0.1) is 28.2 Å². The van der Waals surface area contributed by atoms with Crippen molar-refractivity contribution >= 4 is 42.8 Å². The first-order valence-electron chi connectivity index (χ1n) is 1.79. The third-order valence-corrected chi connectivity index (χ3v) is 0. The van der Waals surface area contributed by atoms with Crippen LogP contribution < -0.4 is 0 Å². The zero-order valence-electron chi connectivity index (χ0n) is 4.86. The molecule has 0 fully saturated rings. The van der Waals surface area contributed by atoms with Gasteiger partial charge in [-0.2, -0.15) is 0 Å². The summed E-state index contributed by atoms with van der Waals surface area (Å²) >= 11 is 0. The molecule has 0 bridgehead atoms. The van der Waals surface area contributed by atoms with E-state index in [4.69, 9.17) is 0 Å². The summed E-state index contributed by atoms with van der Waals surface area (Å²) in [6, 6.07) is 0. The molecule has 0 radical (unpaired) electrons. The fourth-order valence-electron chi connectivity index (χ4n) is 0. The van der Waals surface area contributed by atoms with E-state index < -0.39 is 0 Å². The van der Waals surface area contributed by atoms with Crippen molar-refractivity contribution in [2.24, 2.45) is 0 Å². The molecule has 0 saturated carbocycles. The van der Waals surface area contributed by atoms with Gasteiger partial charge in [0.2, 0.25) is 0 Å². The molecule has 0 aliphatic rings. The van der Waals surface area contributed by atoms with Crippen molar-refractivity contribution < 1.29 is 4.48 Å². The molecular formula is C4H14ILiN+. The molecule has 0 amide bonds. The van der Waals surface area contributed by atoms with Crippen molar-refractivity contribution in [3.05, 3.63) is 0 Å². The van der Waals surface area contributed by atoms with Crippen LogP contribution in [0.25, 0.3) is 0 Å². The third kappa shape index (κ3) is 123. The van der Waals surface area contributed by atoms with Crippen LogP contribution in [0.5, 0.6) is 0 Å². The number of hydrogen-bond donors (Lipinski definition) is 0. The molecule has 0 spiro atoms. The van der Waals surface area contributed by atoms with E-state index >= 15 is 0 Å². The Morgan fingerprint density at radius 1 is 0.857 bits per heavy atom. The summed E-state index contributed by atoms with van der Waals surface area (Å²) in [5, 5.41) is 0. The Labute approximate surface area is 75.2 Å². The molecule has 0 atom stereocenters. The molecule has 0 N–H and O–H groups in total. The first-order valence-corrected chi connectivity index (χ1v) is 1.79. The second-order valence-electron chi connectivity index (χ2n) is 2.68. The summed E-state index contributed by atoms with van der Waals surface area (Å²) in [7, 11) is 8.50. The fourth-order valence-corrected chi connectivity index (χ4v) is 0. The molecule has 0 rings (SSSR count). The SMILES string of the molecule is C[N+](C)(C)C.I.[LiH]. The summed E-state index contributed by atoms with van der Waals surface area (Å²) in [6.45, 7) is 0. The standard InChI is InChI=1S/C4H12N.HI.Li.H/c1-5(2,3)4;;;/h1-4H3;1H;;/q+1;;;. The van der Waals surface area contributed by atoms with E-state index in [1.54, 1.807) is 0 Å². The molecule has 1 nitrogen and oxygen atoms in total. The molecular weight excluding hydrogens is 196 g/mol. The summed E-state index contributed by atoms with van der Waals surface area (Å²) in [4.78, 5) is 0. The molecule has 0 heterocycles. The van der Waals surface area contributed by atoms with Gasteiger partial charge in [-0.3, -0.25) is 0 Å². The van der Waals surface area contributed by atoms with Crippen molar-refractivity contribution in [3.8, 4) is 0 Å². The van der Waals surface area contributed by atoms with Crippen molar-refractivity contribution in [3.63, 3.8) is 0 Å². The Balaban J connectivity index is -0.0000000800. The van der Waals surface area contributed by atoms with Gasteiger partial charge < -0.3 is 4.48 Å². The van der Waals surface area contributed by atoms with E-state index in [9.17, 15) is 0 Å². The minimum absolute atomic E-state index is 0. The number of rotatable bonds is 0. The molecule has 0 aliphatic heterocycles. The maximum absolute atomic E-state index is 2.12. The average Bonchev–Trinajstić information content (AvgIpc) is 0.722. The van der Waals surface area contributed by atoms with E-state index in [0.717, 1.165) is 4.48 Å². The van der Waals surface area contributed by atoms with E-state index in [1.165, 1.54) is 0 Å². The van der Waals surface area contributed by atoms with Crippen LogP contribution >= 0.6 is 24.0 Å². The van der Waals surface area contributed by atoms with Crippen LogP contribution in [0.2, 0.25) is 0 Å². The minimum atomic E-state index is 0. The Morgan fingerprint density at radius 3 is 0.857 bits per heavy atom. The number of hydrogen-bond acceptors (Lipinski definition) is 0. The first-order chi connectivity index (χ1) is 2.00. The summed E-state index contributed by atoms with van der Waals surface area (Å²) in [6.07, 6.45) is 0. The Kier molecular flexibility index (Phi) is 12.2. The maximum atomic E-state index is 2.12. The van der Waals surface area contributed by atoms with Crippen LogP contribution in [0, 0.1) is 0 Å². The van der Waals surface area contributed by atoms with Gasteiger partial charge in [0, 0.05) is 0 Å². The molecule has 0 aromatic carbocycles. The quantitative estimate of drug-likeness (QED) is 0.306. The molecule has 0 aromatic rings. The van der Waals surface area contributed by atoms with Crippen molar-refractivity contribution in [2.75, 3.05) is 28.2 Å². The van der Waals surface area contributed by atoms with Gasteiger partial charge in [0.25, 0.3) is 0 Å². The van der Waals surface area contributed by atoms with Gasteiger partial charge >= 0.3 is 18.9 Å². The van der Waals surface area contributed by atoms with E-state index in [0.29, 0.717) is 0 Å². The van der Waals surface area contributed by atoms with Gasteiger partial charge in [0.15, 0.2) is 0 Å².